The zero-order valence-corrected chi connectivity index (χ0v) is 29.9. The van der Waals surface area contributed by atoms with Gasteiger partial charge in [0.05, 0.1) is 0 Å². The number of fused-ring (bicyclic) bond motifs is 1. The number of para-hydroxylation sites is 1. The molecule has 1 atom stereocenters. The minimum absolute atomic E-state index is 0.423. The number of hydrogen-bond donors (Lipinski definition) is 1. The lowest BCUT2D eigenvalue weighted by Crippen LogP contribution is -2.11. The summed E-state index contributed by atoms with van der Waals surface area (Å²) in [6, 6.07) is 39.4. The number of nitrogens with zero attached hydrogens (tertiary/aromatic N) is 1. The molecule has 0 spiro atoms. The van der Waals surface area contributed by atoms with Crippen LogP contribution in [0.25, 0.3) is 44.7 Å². The minimum Gasteiger partial charge on any atom is -0.404 e. The summed E-state index contributed by atoms with van der Waals surface area (Å²) >= 11 is 0. The fourth-order valence-electron chi connectivity index (χ4n) is 5.89. The van der Waals surface area contributed by atoms with Gasteiger partial charge in [0.2, 0.25) is 0 Å². The van der Waals surface area contributed by atoms with Crippen LogP contribution < -0.4 is 10.6 Å². The van der Waals surface area contributed by atoms with E-state index < -0.39 is 0 Å². The standard InChI is InChI=1S/C45H46N2.C2H6/c1-5-7-10-18-35-19-13-14-23-43(35)39-26-24-37-31-40(27-25-36(37)30-39)44-29-28-38(32-45(44)47(4)42-21-11-9-12-22-42)41(33-46)20-15-17-34(3)16-8-6-2;1-2/h6,8-16,18-34H,2,5,7,17,46H2,1,3-4H3;1-2H3/b16-8-,18-10-,20-15-,41-33+;. The van der Waals surface area contributed by atoms with Crippen LogP contribution in [-0.4, -0.2) is 7.05 Å². The minimum atomic E-state index is 0.423. The van der Waals surface area contributed by atoms with Crippen LogP contribution >= 0.6 is 0 Å². The smallest absolute Gasteiger partial charge is 0.0494 e. The van der Waals surface area contributed by atoms with E-state index in [-0.39, 0.29) is 0 Å². The van der Waals surface area contributed by atoms with E-state index in [0.717, 1.165) is 41.8 Å². The van der Waals surface area contributed by atoms with E-state index in [2.05, 4.69) is 172 Å². The van der Waals surface area contributed by atoms with Crippen molar-refractivity contribution in [1.82, 2.24) is 0 Å². The highest BCUT2D eigenvalue weighted by atomic mass is 15.1. The Hall–Kier alpha value is -5.34. The van der Waals surface area contributed by atoms with E-state index in [1.807, 2.05) is 26.0 Å². The molecule has 0 saturated carbocycles. The van der Waals surface area contributed by atoms with Crippen molar-refractivity contribution in [3.63, 3.8) is 0 Å². The van der Waals surface area contributed by atoms with Crippen LogP contribution in [0.4, 0.5) is 11.4 Å². The van der Waals surface area contributed by atoms with Crippen molar-refractivity contribution in [2.24, 2.45) is 11.7 Å². The largest absolute Gasteiger partial charge is 0.404 e. The summed E-state index contributed by atoms with van der Waals surface area (Å²) in [6.07, 6.45) is 19.7. The van der Waals surface area contributed by atoms with E-state index in [1.165, 1.54) is 38.6 Å². The Bertz CT molecular complexity index is 1920. The third-order valence-electron chi connectivity index (χ3n) is 8.57. The van der Waals surface area contributed by atoms with Gasteiger partial charge in [0.1, 0.15) is 0 Å². The van der Waals surface area contributed by atoms with Gasteiger partial charge in [0, 0.05) is 30.2 Å². The summed E-state index contributed by atoms with van der Waals surface area (Å²) in [5, 5.41) is 2.44. The van der Waals surface area contributed by atoms with E-state index in [0.29, 0.717) is 5.92 Å². The molecule has 5 rings (SSSR count). The van der Waals surface area contributed by atoms with Crippen molar-refractivity contribution in [2.75, 3.05) is 11.9 Å². The molecule has 0 radical (unpaired) electrons. The number of allylic oxidation sites excluding steroid dienone is 7. The Kier molecular flexibility index (Phi) is 14.0. The van der Waals surface area contributed by atoms with Gasteiger partial charge in [-0.3, -0.25) is 0 Å². The maximum Gasteiger partial charge on any atom is 0.0494 e. The fourth-order valence-corrected chi connectivity index (χ4v) is 5.89. The zero-order chi connectivity index (χ0) is 35.0. The predicted octanol–water partition coefficient (Wildman–Crippen LogP) is 13.4. The first-order valence-electron chi connectivity index (χ1n) is 17.6. The second-order valence-corrected chi connectivity index (χ2v) is 12.0. The summed E-state index contributed by atoms with van der Waals surface area (Å²) < 4.78 is 0. The monoisotopic (exact) mass is 644 g/mol. The third-order valence-corrected chi connectivity index (χ3v) is 8.57. The number of rotatable bonds is 13. The van der Waals surface area contributed by atoms with Crippen molar-refractivity contribution in [2.45, 2.75) is 47.0 Å². The number of benzene rings is 5. The predicted molar refractivity (Wildman–Crippen MR) is 219 cm³/mol. The van der Waals surface area contributed by atoms with Crippen LogP contribution in [0.5, 0.6) is 0 Å². The molecular formula is C47H52N2. The van der Waals surface area contributed by atoms with Gasteiger partial charge in [-0.15, -0.1) is 0 Å². The van der Waals surface area contributed by atoms with Crippen molar-refractivity contribution < 1.29 is 0 Å². The maximum absolute atomic E-state index is 6.19. The molecule has 1 unspecified atom stereocenters. The van der Waals surface area contributed by atoms with E-state index in [9.17, 15) is 0 Å². The summed E-state index contributed by atoms with van der Waals surface area (Å²) in [4.78, 5) is 2.26. The van der Waals surface area contributed by atoms with Crippen molar-refractivity contribution >= 4 is 33.8 Å². The Labute approximate surface area is 295 Å². The second-order valence-electron chi connectivity index (χ2n) is 12.0. The molecule has 0 amide bonds. The SMILES string of the molecule is C=C/C=C\C(C)C/C=C\C(=C/N)c1ccc(-c2ccc3cc(-c4ccccc4/C=C\CCC)ccc3c2)c(N(C)c2ccccc2)c1.CC. The molecule has 2 N–H and O–H groups in total. The normalized spacial score (nSPS) is 12.4. The molecule has 250 valence electrons. The Morgan fingerprint density at radius 2 is 1.47 bits per heavy atom. The van der Waals surface area contributed by atoms with E-state index >= 15 is 0 Å². The molecule has 2 nitrogen and oxygen atoms in total. The Morgan fingerprint density at radius 3 is 2.14 bits per heavy atom. The van der Waals surface area contributed by atoms with Crippen molar-refractivity contribution in [1.29, 1.82) is 0 Å². The highest BCUT2D eigenvalue weighted by Gasteiger charge is 2.14. The van der Waals surface area contributed by atoms with Gasteiger partial charge in [-0.05, 0) is 93.3 Å². The lowest BCUT2D eigenvalue weighted by atomic mass is 9.93. The molecule has 0 aliphatic heterocycles. The molecule has 5 aromatic rings. The molecule has 0 saturated heterocycles. The molecule has 0 aliphatic rings. The Morgan fingerprint density at radius 1 is 0.796 bits per heavy atom. The molecule has 5 aromatic carbocycles. The second kappa shape index (κ2) is 18.9. The summed E-state index contributed by atoms with van der Waals surface area (Å²) in [5.41, 5.74) is 16.6. The van der Waals surface area contributed by atoms with Gasteiger partial charge in [-0.25, -0.2) is 0 Å². The number of anilines is 2. The van der Waals surface area contributed by atoms with E-state index in [4.69, 9.17) is 5.73 Å². The summed E-state index contributed by atoms with van der Waals surface area (Å²) in [6.45, 7) is 12.2. The van der Waals surface area contributed by atoms with Crippen LogP contribution in [0, 0.1) is 5.92 Å². The average Bonchev–Trinajstić information content (AvgIpc) is 3.16. The summed E-state index contributed by atoms with van der Waals surface area (Å²) in [5.74, 6) is 0.423. The molecule has 0 aliphatic carbocycles. The van der Waals surface area contributed by atoms with E-state index in [1.54, 1.807) is 6.20 Å². The van der Waals surface area contributed by atoms with Crippen LogP contribution in [0.2, 0.25) is 0 Å². The quantitative estimate of drug-likeness (QED) is 0.129. The first-order chi connectivity index (χ1) is 24.0. The molecule has 0 bridgehead atoms. The highest BCUT2D eigenvalue weighted by Crippen LogP contribution is 2.38. The molecule has 49 heavy (non-hydrogen) atoms. The van der Waals surface area contributed by atoms with Crippen LogP contribution in [0.1, 0.15) is 58.1 Å². The lowest BCUT2D eigenvalue weighted by molar-refractivity contribution is 0.745. The fraction of sp³-hybridized carbons (Fsp3) is 0.191. The topological polar surface area (TPSA) is 29.3 Å². The zero-order valence-electron chi connectivity index (χ0n) is 29.9. The van der Waals surface area contributed by atoms with Crippen molar-refractivity contribution in [3.8, 4) is 22.3 Å². The van der Waals surface area contributed by atoms with Gasteiger partial charge in [0.25, 0.3) is 0 Å². The van der Waals surface area contributed by atoms with Crippen LogP contribution in [0.3, 0.4) is 0 Å². The van der Waals surface area contributed by atoms with Gasteiger partial charge in [-0.2, -0.15) is 0 Å². The highest BCUT2D eigenvalue weighted by molar-refractivity contribution is 5.94. The van der Waals surface area contributed by atoms with Crippen LogP contribution in [-0.2, 0) is 0 Å². The summed E-state index contributed by atoms with van der Waals surface area (Å²) in [7, 11) is 2.13. The molecule has 2 heteroatoms. The number of nitrogens with two attached hydrogens (primary N) is 1. The number of hydrogen-bond acceptors (Lipinski definition) is 2. The average molecular weight is 645 g/mol. The van der Waals surface area contributed by atoms with Gasteiger partial charge in [0.15, 0.2) is 0 Å². The van der Waals surface area contributed by atoms with Gasteiger partial charge < -0.3 is 10.6 Å². The van der Waals surface area contributed by atoms with Crippen LogP contribution in [0.15, 0.2) is 158 Å². The first kappa shape index (κ1) is 36.5. The van der Waals surface area contributed by atoms with Gasteiger partial charge >= 0.3 is 0 Å². The Balaban J connectivity index is 0.00000265. The first-order valence-corrected chi connectivity index (χ1v) is 17.6. The third kappa shape index (κ3) is 9.61. The maximum atomic E-state index is 6.19. The number of unbranched alkanes of at least 4 members (excludes halogenated alkanes) is 1. The van der Waals surface area contributed by atoms with Crippen molar-refractivity contribution in [3.05, 3.63) is 170 Å². The van der Waals surface area contributed by atoms with Gasteiger partial charge in [-0.1, -0.05) is 162 Å². The molecule has 0 fully saturated rings. The molecular weight excluding hydrogens is 593 g/mol. The molecule has 0 aromatic heterocycles. The molecule has 0 heterocycles. The lowest BCUT2D eigenvalue weighted by Gasteiger charge is -2.24.